The summed E-state index contributed by atoms with van der Waals surface area (Å²) in [6.07, 6.45) is 3.13. The molecule has 1 unspecified atom stereocenters. The number of amides is 1. The first-order valence-corrected chi connectivity index (χ1v) is 8.07. The van der Waals surface area contributed by atoms with Gasteiger partial charge in [0.2, 0.25) is 0 Å². The predicted octanol–water partition coefficient (Wildman–Crippen LogP) is 0.866. The van der Waals surface area contributed by atoms with E-state index in [-0.39, 0.29) is 23.2 Å². The SMILES string of the molecule is Cc1cc(C(=O)NCC2CCCCN2c2ccc(=O)n(C)n2)no1. The number of piperidine rings is 1. The van der Waals surface area contributed by atoms with E-state index in [1.807, 2.05) is 0 Å². The van der Waals surface area contributed by atoms with Crippen LogP contribution in [0.4, 0.5) is 5.82 Å². The van der Waals surface area contributed by atoms with E-state index in [1.54, 1.807) is 26.1 Å². The van der Waals surface area contributed by atoms with Gasteiger partial charge in [0.1, 0.15) is 11.6 Å². The molecule has 0 aromatic carbocycles. The molecule has 1 aliphatic rings. The fourth-order valence-corrected chi connectivity index (χ4v) is 2.93. The molecule has 0 radical (unpaired) electrons. The number of aromatic nitrogens is 3. The Kier molecular flexibility index (Phi) is 4.64. The molecule has 2 aromatic rings. The number of nitrogens with one attached hydrogen (secondary N) is 1. The van der Waals surface area contributed by atoms with Crippen LogP contribution in [0.3, 0.4) is 0 Å². The van der Waals surface area contributed by atoms with Crippen molar-refractivity contribution in [2.24, 2.45) is 7.05 Å². The molecule has 1 fully saturated rings. The maximum atomic E-state index is 12.1. The van der Waals surface area contributed by atoms with Gasteiger partial charge in [-0.15, -0.1) is 0 Å². The molecule has 128 valence electrons. The molecule has 3 heterocycles. The van der Waals surface area contributed by atoms with Gasteiger partial charge in [-0.2, -0.15) is 5.10 Å². The van der Waals surface area contributed by atoms with E-state index in [0.717, 1.165) is 31.6 Å². The molecule has 1 N–H and O–H groups in total. The number of anilines is 1. The zero-order valence-electron chi connectivity index (χ0n) is 13.9. The highest BCUT2D eigenvalue weighted by Crippen LogP contribution is 2.22. The summed E-state index contributed by atoms with van der Waals surface area (Å²) in [5, 5.41) is 11.0. The Labute approximate surface area is 139 Å². The topological polar surface area (TPSA) is 93.3 Å². The first kappa shape index (κ1) is 16.2. The second-order valence-electron chi connectivity index (χ2n) is 6.03. The van der Waals surface area contributed by atoms with Crippen LogP contribution in [-0.2, 0) is 7.05 Å². The molecule has 0 spiro atoms. The van der Waals surface area contributed by atoms with Crippen LogP contribution in [0.1, 0.15) is 35.5 Å². The molecule has 1 atom stereocenters. The quantitative estimate of drug-likeness (QED) is 0.893. The predicted molar refractivity (Wildman–Crippen MR) is 88.0 cm³/mol. The Morgan fingerprint density at radius 2 is 2.25 bits per heavy atom. The van der Waals surface area contributed by atoms with E-state index >= 15 is 0 Å². The molecule has 0 aliphatic carbocycles. The largest absolute Gasteiger partial charge is 0.361 e. The summed E-state index contributed by atoms with van der Waals surface area (Å²) in [7, 11) is 1.64. The molecule has 8 nitrogen and oxygen atoms in total. The molecule has 0 bridgehead atoms. The molecular formula is C16H21N5O3. The van der Waals surface area contributed by atoms with Gasteiger partial charge in [0.15, 0.2) is 5.69 Å². The molecule has 3 rings (SSSR count). The van der Waals surface area contributed by atoms with Gasteiger partial charge in [0.05, 0.1) is 0 Å². The molecule has 0 saturated carbocycles. The average molecular weight is 331 g/mol. The van der Waals surface area contributed by atoms with Crippen LogP contribution >= 0.6 is 0 Å². The van der Waals surface area contributed by atoms with Crippen LogP contribution < -0.4 is 15.8 Å². The minimum absolute atomic E-state index is 0.137. The Morgan fingerprint density at radius 1 is 1.42 bits per heavy atom. The van der Waals surface area contributed by atoms with Gasteiger partial charge in [-0.25, -0.2) is 4.68 Å². The minimum atomic E-state index is -0.245. The third-order valence-corrected chi connectivity index (χ3v) is 4.23. The summed E-state index contributed by atoms with van der Waals surface area (Å²) in [6.45, 7) is 3.10. The van der Waals surface area contributed by atoms with Crippen molar-refractivity contribution >= 4 is 11.7 Å². The monoisotopic (exact) mass is 331 g/mol. The molecule has 1 saturated heterocycles. The summed E-state index contributed by atoms with van der Waals surface area (Å²) in [5.74, 6) is 1.12. The van der Waals surface area contributed by atoms with Crippen molar-refractivity contribution in [2.45, 2.75) is 32.2 Å². The van der Waals surface area contributed by atoms with E-state index in [2.05, 4.69) is 20.5 Å². The lowest BCUT2D eigenvalue weighted by atomic mass is 10.0. The Balaban J connectivity index is 1.69. The van der Waals surface area contributed by atoms with Crippen molar-refractivity contribution in [1.29, 1.82) is 0 Å². The van der Waals surface area contributed by atoms with Gasteiger partial charge in [-0.3, -0.25) is 9.59 Å². The Hall–Kier alpha value is -2.64. The third kappa shape index (κ3) is 3.47. The van der Waals surface area contributed by atoms with Crippen LogP contribution in [0.25, 0.3) is 0 Å². The van der Waals surface area contributed by atoms with Crippen LogP contribution in [0, 0.1) is 6.92 Å². The maximum Gasteiger partial charge on any atom is 0.273 e. The van der Waals surface area contributed by atoms with Crippen molar-refractivity contribution in [3.63, 3.8) is 0 Å². The average Bonchev–Trinajstić information content (AvgIpc) is 3.02. The lowest BCUT2D eigenvalue weighted by molar-refractivity contribution is 0.0940. The number of carbonyl (C=O) groups excluding carboxylic acids is 1. The van der Waals surface area contributed by atoms with Crippen molar-refractivity contribution in [3.05, 3.63) is 40.0 Å². The highest BCUT2D eigenvalue weighted by Gasteiger charge is 2.25. The summed E-state index contributed by atoms with van der Waals surface area (Å²) in [4.78, 5) is 25.8. The van der Waals surface area contributed by atoms with Crippen LogP contribution in [-0.4, -0.2) is 40.0 Å². The lowest BCUT2D eigenvalue weighted by Gasteiger charge is -2.36. The van der Waals surface area contributed by atoms with E-state index in [0.29, 0.717) is 12.3 Å². The lowest BCUT2D eigenvalue weighted by Crippen LogP contribution is -2.47. The number of aryl methyl sites for hydroxylation is 2. The second kappa shape index (κ2) is 6.86. The number of carbonyl (C=O) groups is 1. The zero-order chi connectivity index (χ0) is 17.1. The first-order chi connectivity index (χ1) is 11.5. The minimum Gasteiger partial charge on any atom is -0.361 e. The summed E-state index contributed by atoms with van der Waals surface area (Å²) >= 11 is 0. The van der Waals surface area contributed by atoms with Gasteiger partial charge in [0, 0.05) is 38.3 Å². The summed E-state index contributed by atoms with van der Waals surface area (Å²) < 4.78 is 6.26. The van der Waals surface area contributed by atoms with Crippen LogP contribution in [0.5, 0.6) is 0 Å². The highest BCUT2D eigenvalue weighted by atomic mass is 16.5. The van der Waals surface area contributed by atoms with Gasteiger partial charge < -0.3 is 14.7 Å². The summed E-state index contributed by atoms with van der Waals surface area (Å²) in [6, 6.07) is 5.01. The fourth-order valence-electron chi connectivity index (χ4n) is 2.93. The van der Waals surface area contributed by atoms with Crippen molar-refractivity contribution < 1.29 is 9.32 Å². The van der Waals surface area contributed by atoms with Crippen LogP contribution in [0.2, 0.25) is 0 Å². The fraction of sp³-hybridized carbons (Fsp3) is 0.500. The zero-order valence-corrected chi connectivity index (χ0v) is 13.9. The second-order valence-corrected chi connectivity index (χ2v) is 6.03. The van der Waals surface area contributed by atoms with Crippen molar-refractivity contribution in [3.8, 4) is 0 Å². The van der Waals surface area contributed by atoms with Gasteiger partial charge in [-0.1, -0.05) is 5.16 Å². The van der Waals surface area contributed by atoms with Gasteiger partial charge in [0.25, 0.3) is 11.5 Å². The van der Waals surface area contributed by atoms with Gasteiger partial charge in [-0.05, 0) is 32.3 Å². The number of nitrogens with zero attached hydrogens (tertiary/aromatic N) is 4. The Bertz CT molecular complexity index is 782. The maximum absolute atomic E-state index is 12.1. The first-order valence-electron chi connectivity index (χ1n) is 8.07. The van der Waals surface area contributed by atoms with E-state index in [9.17, 15) is 9.59 Å². The van der Waals surface area contributed by atoms with Crippen molar-refractivity contribution in [2.75, 3.05) is 18.0 Å². The molecule has 1 amide bonds. The number of hydrogen-bond donors (Lipinski definition) is 1. The number of rotatable bonds is 4. The van der Waals surface area contributed by atoms with Crippen molar-refractivity contribution in [1.82, 2.24) is 20.3 Å². The van der Waals surface area contributed by atoms with Gasteiger partial charge >= 0.3 is 0 Å². The Morgan fingerprint density at radius 3 is 2.96 bits per heavy atom. The molecule has 2 aromatic heterocycles. The van der Waals surface area contributed by atoms with E-state index < -0.39 is 0 Å². The molecule has 8 heteroatoms. The number of hydrogen-bond acceptors (Lipinski definition) is 6. The smallest absolute Gasteiger partial charge is 0.273 e. The third-order valence-electron chi connectivity index (χ3n) is 4.23. The molecule has 1 aliphatic heterocycles. The van der Waals surface area contributed by atoms with Crippen LogP contribution in [0.15, 0.2) is 27.5 Å². The summed E-state index contributed by atoms with van der Waals surface area (Å²) in [5.41, 5.74) is 0.150. The molecular weight excluding hydrogens is 310 g/mol. The van der Waals surface area contributed by atoms with E-state index in [1.165, 1.54) is 10.7 Å². The normalized spacial score (nSPS) is 17.8. The molecule has 24 heavy (non-hydrogen) atoms. The highest BCUT2D eigenvalue weighted by molar-refractivity contribution is 5.92. The van der Waals surface area contributed by atoms with E-state index in [4.69, 9.17) is 4.52 Å². The standard InChI is InChI=1S/C16H21N5O3/c1-11-9-13(19-24-11)16(23)17-10-12-5-3-4-8-21(12)14-6-7-15(22)20(2)18-14/h6-7,9,12H,3-5,8,10H2,1-2H3,(H,17,23).